The van der Waals surface area contributed by atoms with Crippen molar-refractivity contribution >= 4 is 35.5 Å². The summed E-state index contributed by atoms with van der Waals surface area (Å²) in [4.78, 5) is 18.2. The molecule has 1 N–H and O–H groups in total. The highest BCUT2D eigenvalue weighted by atomic mass is 35.5. The second-order valence-electron chi connectivity index (χ2n) is 1.26. The number of carbonyl (C=O) groups excluding carboxylic acids is 1. The molecule has 0 aliphatic carbocycles. The van der Waals surface area contributed by atoms with Gasteiger partial charge in [0.1, 0.15) is 5.78 Å². The Morgan fingerprint density at radius 1 is 1.55 bits per heavy atom. The molecule has 0 amide bonds. The van der Waals surface area contributed by atoms with Gasteiger partial charge in [0.25, 0.3) is 6.47 Å². The van der Waals surface area contributed by atoms with Crippen molar-refractivity contribution in [3.63, 3.8) is 0 Å². The van der Waals surface area contributed by atoms with Crippen LogP contribution in [-0.4, -0.2) is 22.7 Å². The van der Waals surface area contributed by atoms with E-state index in [9.17, 15) is 4.79 Å². The fourth-order valence-electron chi connectivity index (χ4n) is 0. The van der Waals surface area contributed by atoms with Crippen LogP contribution in [0.2, 0.25) is 0 Å². The molecule has 11 heavy (non-hydrogen) atoms. The summed E-state index contributed by atoms with van der Waals surface area (Å²) in [7, 11) is 0. The number of ketones is 1. The Kier molecular flexibility index (Phi) is 34.9. The van der Waals surface area contributed by atoms with Crippen LogP contribution in [0.5, 0.6) is 0 Å². The van der Waals surface area contributed by atoms with E-state index < -0.39 is 0 Å². The van der Waals surface area contributed by atoms with Crippen molar-refractivity contribution in [3.05, 3.63) is 0 Å². The molecule has 68 valence electrons. The van der Waals surface area contributed by atoms with Crippen LogP contribution < -0.4 is 0 Å². The lowest BCUT2D eigenvalue weighted by molar-refractivity contribution is -0.123. The average Bonchev–Trinajstić information content (AvgIpc) is 1.91. The maximum Gasteiger partial charge on any atom is 0.290 e. The van der Waals surface area contributed by atoms with Crippen LogP contribution in [0.25, 0.3) is 0 Å². The molecule has 5 heteroatoms. The third kappa shape index (κ3) is 196. The van der Waals surface area contributed by atoms with Gasteiger partial charge in [-0.25, -0.2) is 0 Å². The van der Waals surface area contributed by atoms with Crippen LogP contribution in [0, 0.1) is 0 Å². The van der Waals surface area contributed by atoms with Gasteiger partial charge in [-0.3, -0.25) is 4.79 Å². The summed E-state index contributed by atoms with van der Waals surface area (Å²) in [5.74, 6) is 0.255. The second kappa shape index (κ2) is 22.6. The largest absolute Gasteiger partial charge is 0.483 e. The molecule has 0 aliphatic rings. The van der Waals surface area contributed by atoms with E-state index in [1.54, 1.807) is 6.92 Å². The Hall–Kier alpha value is -0.280. The minimum atomic E-state index is -0.250. The standard InChI is InChI=1S/C4H8O.CH2Cl2.CH2O2/c1-3-4(2)5;2*2-1-3/h3H2,1-2H3;1H2;1H,(H,2,3). The van der Waals surface area contributed by atoms with Gasteiger partial charge >= 0.3 is 0 Å². The van der Waals surface area contributed by atoms with Gasteiger partial charge in [0.2, 0.25) is 0 Å². The van der Waals surface area contributed by atoms with Crippen LogP contribution >= 0.6 is 23.2 Å². The lowest BCUT2D eigenvalue weighted by Crippen LogP contribution is -1.80. The van der Waals surface area contributed by atoms with Gasteiger partial charge in [0.05, 0.1) is 5.34 Å². The summed E-state index contributed by atoms with van der Waals surface area (Å²) in [5.41, 5.74) is 0. The smallest absolute Gasteiger partial charge is 0.290 e. The fraction of sp³-hybridized carbons (Fsp3) is 0.667. The van der Waals surface area contributed by atoms with Gasteiger partial charge in [-0.05, 0) is 6.92 Å². The molecule has 0 bridgehead atoms. The first-order valence-corrected chi connectivity index (χ1v) is 3.86. The minimum Gasteiger partial charge on any atom is -0.483 e. The Labute approximate surface area is 76.3 Å². The molecule has 0 aromatic heterocycles. The summed E-state index contributed by atoms with van der Waals surface area (Å²) in [5, 5.41) is 7.08. The van der Waals surface area contributed by atoms with Crippen molar-refractivity contribution in [2.45, 2.75) is 20.3 Å². The predicted molar refractivity (Wildman–Crippen MR) is 46.2 cm³/mol. The number of carbonyl (C=O) groups is 2. The summed E-state index contributed by atoms with van der Waals surface area (Å²) < 4.78 is 0. The zero-order valence-electron chi connectivity index (χ0n) is 6.51. The minimum absolute atomic E-state index is 0.194. The SMILES string of the molecule is CCC(C)=O.ClCCl.O=CO. The van der Waals surface area contributed by atoms with Crippen molar-refractivity contribution in [1.29, 1.82) is 0 Å². The molecule has 0 spiro atoms. The van der Waals surface area contributed by atoms with Crippen molar-refractivity contribution in [3.8, 4) is 0 Å². The quantitative estimate of drug-likeness (QED) is 0.524. The topological polar surface area (TPSA) is 54.4 Å². The summed E-state index contributed by atoms with van der Waals surface area (Å²) in [6, 6.07) is 0. The van der Waals surface area contributed by atoms with Gasteiger partial charge in [-0.15, -0.1) is 23.2 Å². The molecule has 0 aromatic carbocycles. The third-order valence-electron chi connectivity index (χ3n) is 0.498. The van der Waals surface area contributed by atoms with Crippen LogP contribution in [0.1, 0.15) is 20.3 Å². The lowest BCUT2D eigenvalue weighted by Gasteiger charge is -1.71. The fourth-order valence-corrected chi connectivity index (χ4v) is 0. The third-order valence-corrected chi connectivity index (χ3v) is 0.498. The van der Waals surface area contributed by atoms with E-state index in [0.717, 1.165) is 0 Å². The molecule has 0 aromatic rings. The van der Waals surface area contributed by atoms with E-state index in [2.05, 4.69) is 0 Å². The van der Waals surface area contributed by atoms with E-state index in [1.165, 1.54) is 0 Å². The highest BCUT2D eigenvalue weighted by molar-refractivity contribution is 6.40. The van der Waals surface area contributed by atoms with E-state index in [4.69, 9.17) is 33.1 Å². The van der Waals surface area contributed by atoms with Crippen LogP contribution in [0.4, 0.5) is 0 Å². The molecular weight excluding hydrogens is 191 g/mol. The number of alkyl halides is 2. The van der Waals surface area contributed by atoms with E-state index in [-0.39, 0.29) is 17.6 Å². The molecule has 0 saturated carbocycles. The van der Waals surface area contributed by atoms with Gasteiger partial charge < -0.3 is 9.90 Å². The normalized spacial score (nSPS) is 6.18. The number of hydrogen-bond donors (Lipinski definition) is 1. The summed E-state index contributed by atoms with van der Waals surface area (Å²) in [6.07, 6.45) is 0.667. The Morgan fingerprint density at radius 3 is 1.64 bits per heavy atom. The highest BCUT2D eigenvalue weighted by Crippen LogP contribution is 1.73. The molecule has 0 saturated heterocycles. The first kappa shape index (κ1) is 17.0. The Morgan fingerprint density at radius 2 is 1.64 bits per heavy atom. The maximum atomic E-state index is 9.81. The molecule has 0 atom stereocenters. The Bertz CT molecular complexity index is 85.9. The van der Waals surface area contributed by atoms with Gasteiger partial charge in [-0.1, -0.05) is 6.92 Å². The predicted octanol–water partition coefficient (Wildman–Crippen LogP) is 2.11. The first-order valence-electron chi connectivity index (χ1n) is 2.79. The van der Waals surface area contributed by atoms with Crippen molar-refractivity contribution in [2.75, 3.05) is 5.34 Å². The maximum absolute atomic E-state index is 9.81. The zero-order chi connectivity index (χ0) is 9.70. The Balaban J connectivity index is -0.0000000933. The number of carboxylic acid groups (broad SMARTS) is 1. The van der Waals surface area contributed by atoms with Gasteiger partial charge in [0.15, 0.2) is 0 Å². The van der Waals surface area contributed by atoms with Crippen molar-refractivity contribution < 1.29 is 14.7 Å². The number of hydrogen-bond acceptors (Lipinski definition) is 2. The van der Waals surface area contributed by atoms with Crippen molar-refractivity contribution in [1.82, 2.24) is 0 Å². The van der Waals surface area contributed by atoms with E-state index >= 15 is 0 Å². The molecule has 0 rings (SSSR count). The van der Waals surface area contributed by atoms with E-state index in [0.29, 0.717) is 6.42 Å². The molecule has 0 radical (unpaired) electrons. The lowest BCUT2D eigenvalue weighted by atomic mass is 10.4. The highest BCUT2D eigenvalue weighted by Gasteiger charge is 1.76. The van der Waals surface area contributed by atoms with Crippen LogP contribution in [-0.2, 0) is 9.59 Å². The van der Waals surface area contributed by atoms with E-state index in [1.807, 2.05) is 6.92 Å². The molecule has 0 aliphatic heterocycles. The molecular formula is C6H12Cl2O3. The van der Waals surface area contributed by atoms with Crippen molar-refractivity contribution in [2.24, 2.45) is 0 Å². The first-order chi connectivity index (χ1) is 5.10. The molecule has 3 nitrogen and oxygen atoms in total. The number of halogens is 2. The average molecular weight is 203 g/mol. The second-order valence-corrected chi connectivity index (χ2v) is 2.07. The monoisotopic (exact) mass is 202 g/mol. The summed E-state index contributed by atoms with van der Waals surface area (Å²) in [6.45, 7) is 3.18. The van der Waals surface area contributed by atoms with Gasteiger partial charge in [0, 0.05) is 6.42 Å². The number of rotatable bonds is 1. The van der Waals surface area contributed by atoms with Crippen LogP contribution in [0.3, 0.4) is 0 Å². The van der Waals surface area contributed by atoms with Crippen LogP contribution in [0.15, 0.2) is 0 Å². The molecule has 0 heterocycles. The zero-order valence-corrected chi connectivity index (χ0v) is 8.02. The molecule has 0 fully saturated rings. The van der Waals surface area contributed by atoms with Gasteiger partial charge in [-0.2, -0.15) is 0 Å². The summed E-state index contributed by atoms with van der Waals surface area (Å²) >= 11 is 9.53. The molecule has 0 unspecified atom stereocenters. The number of Topliss-reactive ketones (excluding diaryl/α,β-unsaturated/α-hetero) is 1.